The fraction of sp³-hybridized carbons (Fsp3) is 0.200. The summed E-state index contributed by atoms with van der Waals surface area (Å²) in [5.74, 6) is 0.672. The molecule has 1 spiro atoms. The molecule has 72 valence electrons. The van der Waals surface area contributed by atoms with Gasteiger partial charge >= 0.3 is 0 Å². The molecule has 0 aliphatic heterocycles. The van der Waals surface area contributed by atoms with Gasteiger partial charge in [0.2, 0.25) is 0 Å². The van der Waals surface area contributed by atoms with E-state index in [4.69, 9.17) is 0 Å². The molecule has 0 heteroatoms. The van der Waals surface area contributed by atoms with E-state index in [1.54, 1.807) is 16.7 Å². The van der Waals surface area contributed by atoms with E-state index in [2.05, 4.69) is 55.5 Å². The summed E-state index contributed by atoms with van der Waals surface area (Å²) in [5.41, 5.74) is 6.50. The van der Waals surface area contributed by atoms with Crippen molar-refractivity contribution in [2.24, 2.45) is 0 Å². The molecule has 0 saturated heterocycles. The molecule has 0 radical (unpaired) electrons. The Morgan fingerprint density at radius 2 is 1.33 bits per heavy atom. The van der Waals surface area contributed by atoms with Crippen LogP contribution < -0.4 is 0 Å². The monoisotopic (exact) mass is 192 g/mol. The highest BCUT2D eigenvalue weighted by molar-refractivity contribution is 5.77. The normalized spacial score (nSPS) is 22.9. The zero-order valence-corrected chi connectivity index (χ0v) is 8.70. The van der Waals surface area contributed by atoms with Gasteiger partial charge in [0.1, 0.15) is 0 Å². The lowest BCUT2D eigenvalue weighted by molar-refractivity contribution is 0.522. The van der Waals surface area contributed by atoms with Crippen LogP contribution in [0.3, 0.4) is 0 Å². The van der Waals surface area contributed by atoms with Gasteiger partial charge in [0.05, 0.1) is 5.41 Å². The van der Waals surface area contributed by atoms with Crippen molar-refractivity contribution in [2.45, 2.75) is 18.3 Å². The average Bonchev–Trinajstić information content (AvgIpc) is 3.00. The summed E-state index contributed by atoms with van der Waals surface area (Å²) in [4.78, 5) is 0. The molecule has 2 aromatic carbocycles. The second kappa shape index (κ2) is 2.16. The molecule has 0 heterocycles. The zero-order valence-electron chi connectivity index (χ0n) is 8.70. The summed E-state index contributed by atoms with van der Waals surface area (Å²) in [6.45, 7) is 2.35. The Hall–Kier alpha value is -1.56. The second-order valence-electron chi connectivity index (χ2n) is 4.66. The first-order valence-electron chi connectivity index (χ1n) is 5.56. The van der Waals surface area contributed by atoms with E-state index >= 15 is 0 Å². The van der Waals surface area contributed by atoms with Crippen LogP contribution >= 0.6 is 0 Å². The highest BCUT2D eigenvalue weighted by Gasteiger charge is 2.62. The van der Waals surface area contributed by atoms with Gasteiger partial charge in [-0.05, 0) is 28.2 Å². The Kier molecular flexibility index (Phi) is 1.11. The lowest BCUT2D eigenvalue weighted by atomic mass is 9.63. The van der Waals surface area contributed by atoms with E-state index in [0.29, 0.717) is 11.3 Å². The minimum absolute atomic E-state index is 0.320. The molecule has 0 fully saturated rings. The van der Waals surface area contributed by atoms with Crippen molar-refractivity contribution in [3.63, 3.8) is 0 Å². The minimum atomic E-state index is 0.320. The Morgan fingerprint density at radius 3 is 2.00 bits per heavy atom. The van der Waals surface area contributed by atoms with Crippen molar-refractivity contribution in [2.75, 3.05) is 0 Å². The van der Waals surface area contributed by atoms with Crippen LogP contribution in [0.1, 0.15) is 35.1 Å². The number of benzene rings is 2. The molecule has 2 aliphatic rings. The highest BCUT2D eigenvalue weighted by atomic mass is 14.6. The van der Waals surface area contributed by atoms with Gasteiger partial charge in [-0.1, -0.05) is 55.5 Å². The van der Waals surface area contributed by atoms with Crippen LogP contribution in [0.5, 0.6) is 0 Å². The molecule has 15 heavy (non-hydrogen) atoms. The smallest absolute Gasteiger partial charge is 0.0526 e. The molecule has 0 aromatic heterocycles. The lowest BCUT2D eigenvalue weighted by Gasteiger charge is -2.39. The summed E-state index contributed by atoms with van der Waals surface area (Å²) >= 11 is 0. The molecular weight excluding hydrogens is 180 g/mol. The standard InChI is InChI=1S/C15H12/c1-10-11-6-2-3-7-12(11)15(10)13-8-4-5-9-14(13)15/h2-10H,1H3. The fourth-order valence-corrected chi connectivity index (χ4v) is 3.46. The van der Waals surface area contributed by atoms with E-state index in [0.717, 1.165) is 0 Å². The third kappa shape index (κ3) is 0.629. The number of hydrogen-bond acceptors (Lipinski definition) is 0. The van der Waals surface area contributed by atoms with E-state index in [1.807, 2.05) is 0 Å². The van der Waals surface area contributed by atoms with Crippen LogP contribution in [-0.4, -0.2) is 0 Å². The molecule has 0 bridgehead atoms. The maximum absolute atomic E-state index is 2.35. The SMILES string of the molecule is CC1c2ccccc2C12c1ccccc12. The third-order valence-corrected chi connectivity index (χ3v) is 4.22. The lowest BCUT2D eigenvalue weighted by Crippen LogP contribution is -2.31. The Bertz CT molecular complexity index is 543. The van der Waals surface area contributed by atoms with Crippen molar-refractivity contribution >= 4 is 0 Å². The van der Waals surface area contributed by atoms with Crippen molar-refractivity contribution < 1.29 is 0 Å². The summed E-state index contributed by atoms with van der Waals surface area (Å²) < 4.78 is 0. The number of rotatable bonds is 0. The Balaban J connectivity index is 1.99. The molecular formula is C15H12. The van der Waals surface area contributed by atoms with Gasteiger partial charge in [0.25, 0.3) is 0 Å². The van der Waals surface area contributed by atoms with Crippen LogP contribution in [0.15, 0.2) is 48.5 Å². The molecule has 0 nitrogen and oxygen atoms in total. The van der Waals surface area contributed by atoms with Gasteiger partial charge in [0, 0.05) is 0 Å². The third-order valence-electron chi connectivity index (χ3n) is 4.22. The average molecular weight is 192 g/mol. The van der Waals surface area contributed by atoms with Gasteiger partial charge in [0.15, 0.2) is 0 Å². The molecule has 1 atom stereocenters. The summed E-state index contributed by atoms with van der Waals surface area (Å²) in [7, 11) is 0. The number of fused-ring (bicyclic) bond motifs is 5. The first-order chi connectivity index (χ1) is 7.37. The van der Waals surface area contributed by atoms with Crippen LogP contribution in [-0.2, 0) is 5.41 Å². The Morgan fingerprint density at radius 1 is 0.800 bits per heavy atom. The van der Waals surface area contributed by atoms with Gasteiger partial charge < -0.3 is 0 Å². The van der Waals surface area contributed by atoms with Crippen LogP contribution in [0, 0.1) is 0 Å². The minimum Gasteiger partial charge on any atom is -0.0620 e. The summed E-state index contributed by atoms with van der Waals surface area (Å²) in [6.07, 6.45) is 0. The maximum atomic E-state index is 2.35. The molecule has 0 saturated carbocycles. The van der Waals surface area contributed by atoms with Gasteiger partial charge in [-0.15, -0.1) is 0 Å². The van der Waals surface area contributed by atoms with Gasteiger partial charge in [-0.3, -0.25) is 0 Å². The van der Waals surface area contributed by atoms with Crippen LogP contribution in [0.4, 0.5) is 0 Å². The Labute approximate surface area is 89.6 Å². The molecule has 0 amide bonds. The molecule has 2 aliphatic carbocycles. The van der Waals surface area contributed by atoms with Crippen molar-refractivity contribution in [1.29, 1.82) is 0 Å². The number of hydrogen-bond donors (Lipinski definition) is 0. The topological polar surface area (TPSA) is 0 Å². The molecule has 0 N–H and O–H groups in total. The highest BCUT2D eigenvalue weighted by Crippen LogP contribution is 2.69. The largest absolute Gasteiger partial charge is 0.0620 e. The summed E-state index contributed by atoms with van der Waals surface area (Å²) in [6, 6.07) is 17.7. The van der Waals surface area contributed by atoms with E-state index in [9.17, 15) is 0 Å². The van der Waals surface area contributed by atoms with Crippen molar-refractivity contribution in [3.8, 4) is 0 Å². The zero-order chi connectivity index (χ0) is 10.0. The predicted octanol–water partition coefficient (Wildman–Crippen LogP) is 3.45. The van der Waals surface area contributed by atoms with E-state index in [1.165, 1.54) is 5.56 Å². The first kappa shape index (κ1) is 7.70. The van der Waals surface area contributed by atoms with E-state index < -0.39 is 0 Å². The van der Waals surface area contributed by atoms with Crippen molar-refractivity contribution in [1.82, 2.24) is 0 Å². The van der Waals surface area contributed by atoms with Gasteiger partial charge in [-0.2, -0.15) is 0 Å². The molecule has 1 unspecified atom stereocenters. The summed E-state index contributed by atoms with van der Waals surface area (Å²) in [5, 5.41) is 0. The van der Waals surface area contributed by atoms with Gasteiger partial charge in [-0.25, -0.2) is 0 Å². The molecule has 2 aromatic rings. The van der Waals surface area contributed by atoms with Crippen molar-refractivity contribution in [3.05, 3.63) is 70.8 Å². The predicted molar refractivity (Wildman–Crippen MR) is 61.2 cm³/mol. The first-order valence-corrected chi connectivity index (χ1v) is 5.56. The van der Waals surface area contributed by atoms with E-state index in [-0.39, 0.29) is 0 Å². The van der Waals surface area contributed by atoms with Crippen LogP contribution in [0.2, 0.25) is 0 Å². The van der Waals surface area contributed by atoms with Crippen LogP contribution in [0.25, 0.3) is 0 Å². The maximum Gasteiger partial charge on any atom is 0.0526 e. The fourth-order valence-electron chi connectivity index (χ4n) is 3.46. The quantitative estimate of drug-likeness (QED) is 0.599. The molecule has 4 rings (SSSR count). The second-order valence-corrected chi connectivity index (χ2v) is 4.66.